The largest absolute Gasteiger partial charge is 0.379 e. The third-order valence-electron chi connectivity index (χ3n) is 3.76. The molecule has 114 valence electrons. The lowest BCUT2D eigenvalue weighted by molar-refractivity contribution is 0.651. The van der Waals surface area contributed by atoms with Gasteiger partial charge in [0.05, 0.1) is 18.6 Å². The number of hydrogen-bond donors (Lipinski definition) is 1. The Morgan fingerprint density at radius 2 is 1.86 bits per heavy atom. The van der Waals surface area contributed by atoms with E-state index in [1.54, 1.807) is 0 Å². The van der Waals surface area contributed by atoms with Crippen LogP contribution in [-0.2, 0) is 19.5 Å². The SMILES string of the molecule is CCCCCc1ccc(NCc2cncn2CCC)cc1. The molecule has 3 nitrogen and oxygen atoms in total. The Hall–Kier alpha value is -1.77. The Labute approximate surface area is 128 Å². The van der Waals surface area contributed by atoms with Crippen molar-refractivity contribution in [1.82, 2.24) is 9.55 Å². The molecule has 1 aromatic carbocycles. The second-order valence-electron chi connectivity index (χ2n) is 5.59. The second kappa shape index (κ2) is 8.50. The fourth-order valence-corrected chi connectivity index (χ4v) is 2.50. The topological polar surface area (TPSA) is 29.9 Å². The number of imidazole rings is 1. The molecule has 1 aromatic heterocycles. The fourth-order valence-electron chi connectivity index (χ4n) is 2.50. The summed E-state index contributed by atoms with van der Waals surface area (Å²) >= 11 is 0. The molecule has 3 heteroatoms. The van der Waals surface area contributed by atoms with Gasteiger partial charge in [-0.3, -0.25) is 0 Å². The van der Waals surface area contributed by atoms with Gasteiger partial charge in [-0.15, -0.1) is 0 Å². The zero-order valence-corrected chi connectivity index (χ0v) is 13.3. The average Bonchev–Trinajstić information content (AvgIpc) is 2.94. The maximum atomic E-state index is 4.23. The molecule has 0 saturated heterocycles. The number of benzene rings is 1. The van der Waals surface area contributed by atoms with Gasteiger partial charge in [0.15, 0.2) is 0 Å². The third-order valence-corrected chi connectivity index (χ3v) is 3.76. The molecule has 0 atom stereocenters. The molecule has 0 spiro atoms. The first-order chi connectivity index (χ1) is 10.3. The van der Waals surface area contributed by atoms with Gasteiger partial charge < -0.3 is 9.88 Å². The van der Waals surface area contributed by atoms with Gasteiger partial charge in [0.2, 0.25) is 0 Å². The van der Waals surface area contributed by atoms with Gasteiger partial charge in [0.25, 0.3) is 0 Å². The van der Waals surface area contributed by atoms with Gasteiger partial charge in [-0.2, -0.15) is 0 Å². The number of aryl methyl sites for hydroxylation is 2. The number of aromatic nitrogens is 2. The minimum Gasteiger partial charge on any atom is -0.379 e. The van der Waals surface area contributed by atoms with E-state index < -0.39 is 0 Å². The van der Waals surface area contributed by atoms with Crippen molar-refractivity contribution in [1.29, 1.82) is 0 Å². The minimum atomic E-state index is 0.829. The van der Waals surface area contributed by atoms with E-state index in [0.717, 1.165) is 19.5 Å². The summed E-state index contributed by atoms with van der Waals surface area (Å²) in [4.78, 5) is 4.23. The second-order valence-corrected chi connectivity index (χ2v) is 5.59. The molecule has 0 aliphatic carbocycles. The first-order valence-electron chi connectivity index (χ1n) is 8.15. The normalized spacial score (nSPS) is 10.8. The molecule has 2 aromatic rings. The maximum Gasteiger partial charge on any atom is 0.0948 e. The molecular weight excluding hydrogens is 258 g/mol. The lowest BCUT2D eigenvalue weighted by Crippen LogP contribution is -2.06. The molecule has 2 rings (SSSR count). The maximum absolute atomic E-state index is 4.23. The lowest BCUT2D eigenvalue weighted by Gasteiger charge is -2.10. The molecule has 1 N–H and O–H groups in total. The first kappa shape index (κ1) is 15.6. The van der Waals surface area contributed by atoms with Crippen LogP contribution >= 0.6 is 0 Å². The monoisotopic (exact) mass is 285 g/mol. The highest BCUT2D eigenvalue weighted by Gasteiger charge is 2.01. The van der Waals surface area contributed by atoms with Crippen molar-refractivity contribution in [3.63, 3.8) is 0 Å². The fraction of sp³-hybridized carbons (Fsp3) is 0.500. The van der Waals surface area contributed by atoms with E-state index in [9.17, 15) is 0 Å². The summed E-state index contributed by atoms with van der Waals surface area (Å²) < 4.78 is 2.21. The van der Waals surface area contributed by atoms with Crippen LogP contribution in [0.25, 0.3) is 0 Å². The molecule has 0 aliphatic rings. The molecule has 0 amide bonds. The number of nitrogens with one attached hydrogen (secondary N) is 1. The van der Waals surface area contributed by atoms with E-state index in [1.807, 2.05) is 12.5 Å². The van der Waals surface area contributed by atoms with Crippen LogP contribution in [0.15, 0.2) is 36.8 Å². The van der Waals surface area contributed by atoms with Gasteiger partial charge in [-0.05, 0) is 37.0 Å². The van der Waals surface area contributed by atoms with Crippen LogP contribution in [0.2, 0.25) is 0 Å². The molecular formula is C18H27N3. The summed E-state index contributed by atoms with van der Waals surface area (Å²) in [5, 5.41) is 3.48. The molecule has 0 aliphatic heterocycles. The number of rotatable bonds is 9. The van der Waals surface area contributed by atoms with Crippen molar-refractivity contribution in [2.75, 3.05) is 5.32 Å². The van der Waals surface area contributed by atoms with Crippen LogP contribution in [0, 0.1) is 0 Å². The molecule has 0 saturated carbocycles. The predicted octanol–water partition coefficient (Wildman–Crippen LogP) is 4.64. The van der Waals surface area contributed by atoms with Gasteiger partial charge >= 0.3 is 0 Å². The Morgan fingerprint density at radius 3 is 2.57 bits per heavy atom. The summed E-state index contributed by atoms with van der Waals surface area (Å²) in [6.07, 6.45) is 10.1. The van der Waals surface area contributed by atoms with Gasteiger partial charge in [0.1, 0.15) is 0 Å². The van der Waals surface area contributed by atoms with E-state index in [1.165, 1.54) is 42.6 Å². The van der Waals surface area contributed by atoms with Crippen molar-refractivity contribution in [3.05, 3.63) is 48.0 Å². The molecule has 1 heterocycles. The Kier molecular flexibility index (Phi) is 6.32. The smallest absolute Gasteiger partial charge is 0.0948 e. The molecule has 0 unspecified atom stereocenters. The van der Waals surface area contributed by atoms with Crippen molar-refractivity contribution in [2.45, 2.75) is 59.0 Å². The molecule has 21 heavy (non-hydrogen) atoms. The Morgan fingerprint density at radius 1 is 1.05 bits per heavy atom. The highest BCUT2D eigenvalue weighted by Crippen LogP contribution is 2.13. The predicted molar refractivity (Wildman–Crippen MR) is 89.5 cm³/mol. The van der Waals surface area contributed by atoms with Crippen LogP contribution in [0.5, 0.6) is 0 Å². The summed E-state index contributed by atoms with van der Waals surface area (Å²) in [7, 11) is 0. The van der Waals surface area contributed by atoms with E-state index in [4.69, 9.17) is 0 Å². The van der Waals surface area contributed by atoms with Crippen LogP contribution in [0.3, 0.4) is 0 Å². The Balaban J connectivity index is 1.84. The van der Waals surface area contributed by atoms with Crippen LogP contribution in [0.1, 0.15) is 50.8 Å². The number of anilines is 1. The summed E-state index contributed by atoms with van der Waals surface area (Å²) in [6, 6.07) is 8.84. The molecule has 0 bridgehead atoms. The Bertz CT molecular complexity index is 514. The summed E-state index contributed by atoms with van der Waals surface area (Å²) in [5.74, 6) is 0. The zero-order valence-electron chi connectivity index (χ0n) is 13.3. The molecule has 0 radical (unpaired) electrons. The van der Waals surface area contributed by atoms with Crippen LogP contribution in [-0.4, -0.2) is 9.55 Å². The van der Waals surface area contributed by atoms with Crippen molar-refractivity contribution >= 4 is 5.69 Å². The molecule has 0 fully saturated rings. The van der Waals surface area contributed by atoms with Crippen molar-refractivity contribution in [3.8, 4) is 0 Å². The lowest BCUT2D eigenvalue weighted by atomic mass is 10.1. The van der Waals surface area contributed by atoms with Crippen LogP contribution < -0.4 is 5.32 Å². The quantitative estimate of drug-likeness (QED) is 0.680. The van der Waals surface area contributed by atoms with E-state index in [2.05, 4.69) is 53.0 Å². The van der Waals surface area contributed by atoms with E-state index in [0.29, 0.717) is 0 Å². The zero-order chi connectivity index (χ0) is 14.9. The van der Waals surface area contributed by atoms with Gasteiger partial charge in [0, 0.05) is 18.4 Å². The van der Waals surface area contributed by atoms with E-state index in [-0.39, 0.29) is 0 Å². The van der Waals surface area contributed by atoms with Crippen molar-refractivity contribution < 1.29 is 0 Å². The number of hydrogen-bond acceptors (Lipinski definition) is 2. The highest BCUT2D eigenvalue weighted by molar-refractivity contribution is 5.44. The average molecular weight is 285 g/mol. The minimum absolute atomic E-state index is 0.829. The highest BCUT2D eigenvalue weighted by atomic mass is 15.1. The third kappa shape index (κ3) is 4.92. The first-order valence-corrected chi connectivity index (χ1v) is 8.15. The summed E-state index contributed by atoms with van der Waals surface area (Å²) in [6.45, 7) is 6.30. The van der Waals surface area contributed by atoms with Gasteiger partial charge in [-0.25, -0.2) is 4.98 Å². The standard InChI is InChI=1S/C18H27N3/c1-3-5-6-7-16-8-10-17(11-9-16)20-14-18-13-19-15-21(18)12-4-2/h8-11,13,15,20H,3-7,12,14H2,1-2H3. The number of unbranched alkanes of at least 4 members (excludes halogenated alkanes) is 2. The number of nitrogens with zero attached hydrogens (tertiary/aromatic N) is 2. The van der Waals surface area contributed by atoms with Crippen molar-refractivity contribution in [2.24, 2.45) is 0 Å². The summed E-state index contributed by atoms with van der Waals surface area (Å²) in [5.41, 5.74) is 3.85. The van der Waals surface area contributed by atoms with Crippen LogP contribution in [0.4, 0.5) is 5.69 Å². The van der Waals surface area contributed by atoms with Gasteiger partial charge in [-0.1, -0.05) is 38.8 Å². The van der Waals surface area contributed by atoms with E-state index >= 15 is 0 Å².